The van der Waals surface area contributed by atoms with Crippen LogP contribution in [0.25, 0.3) is 0 Å². The lowest BCUT2D eigenvalue weighted by molar-refractivity contribution is -0.0167. The zero-order chi connectivity index (χ0) is 20.2. The largest absolute Gasteiger partial charge is 0.379 e. The van der Waals surface area contributed by atoms with Crippen LogP contribution < -0.4 is 5.32 Å². The van der Waals surface area contributed by atoms with E-state index in [1.54, 1.807) is 6.07 Å². The van der Waals surface area contributed by atoms with Crippen LogP contribution in [-0.4, -0.2) is 50.5 Å². The molecule has 0 radical (unpaired) electrons. The predicted octanol–water partition coefficient (Wildman–Crippen LogP) is 3.06. The highest BCUT2D eigenvalue weighted by Crippen LogP contribution is 2.55. The van der Waals surface area contributed by atoms with Crippen LogP contribution in [0.3, 0.4) is 0 Å². The molecule has 0 spiro atoms. The second-order valence-electron chi connectivity index (χ2n) is 9.31. The minimum atomic E-state index is -3.76. The van der Waals surface area contributed by atoms with Crippen molar-refractivity contribution in [3.63, 3.8) is 0 Å². The smallest absolute Gasteiger partial charge is 0.251 e. The highest BCUT2D eigenvalue weighted by molar-refractivity contribution is 7.89. The average molecular weight is 439 g/mol. The van der Waals surface area contributed by atoms with Gasteiger partial charge in [-0.2, -0.15) is 4.31 Å². The van der Waals surface area contributed by atoms with E-state index in [0.29, 0.717) is 31.9 Å². The van der Waals surface area contributed by atoms with Crippen molar-refractivity contribution in [2.24, 2.45) is 17.8 Å². The highest BCUT2D eigenvalue weighted by Gasteiger charge is 2.51. The van der Waals surface area contributed by atoms with Crippen LogP contribution in [0, 0.1) is 17.8 Å². The Morgan fingerprint density at radius 1 is 1.07 bits per heavy atom. The van der Waals surface area contributed by atoms with Crippen molar-refractivity contribution < 1.29 is 17.9 Å². The SMILES string of the molecule is O=C(NC12CC3CC(CC(C3)C1)C2)c1ccc(Cl)c(S(=O)(=O)N2CCOCC2)c1. The Kier molecular flexibility index (Phi) is 4.93. The maximum absolute atomic E-state index is 13.1. The second-order valence-corrected chi connectivity index (χ2v) is 11.6. The molecule has 5 fully saturated rings. The van der Waals surface area contributed by atoms with Crippen LogP contribution in [0.5, 0.6) is 0 Å². The fourth-order valence-corrected chi connectivity index (χ4v) is 8.25. The summed E-state index contributed by atoms with van der Waals surface area (Å²) >= 11 is 6.24. The maximum atomic E-state index is 13.1. The van der Waals surface area contributed by atoms with E-state index >= 15 is 0 Å². The van der Waals surface area contributed by atoms with Gasteiger partial charge < -0.3 is 10.1 Å². The molecule has 0 aromatic heterocycles. The molecule has 6 nitrogen and oxygen atoms in total. The Balaban J connectivity index is 1.39. The molecule has 0 atom stereocenters. The molecule has 1 amide bonds. The molecule has 29 heavy (non-hydrogen) atoms. The average Bonchev–Trinajstić information content (AvgIpc) is 2.67. The number of nitrogens with zero attached hydrogens (tertiary/aromatic N) is 1. The Morgan fingerprint density at radius 2 is 1.66 bits per heavy atom. The van der Waals surface area contributed by atoms with Crippen LogP contribution >= 0.6 is 11.6 Å². The van der Waals surface area contributed by atoms with Crippen molar-refractivity contribution in [2.45, 2.75) is 49.0 Å². The number of rotatable bonds is 4. The van der Waals surface area contributed by atoms with E-state index in [1.807, 2.05) is 0 Å². The summed E-state index contributed by atoms with van der Waals surface area (Å²) in [5.74, 6) is 1.99. The van der Waals surface area contributed by atoms with Crippen molar-refractivity contribution in [1.82, 2.24) is 9.62 Å². The van der Waals surface area contributed by atoms with Crippen LogP contribution in [0.1, 0.15) is 48.9 Å². The van der Waals surface area contributed by atoms with E-state index in [0.717, 1.165) is 37.0 Å². The first-order valence-electron chi connectivity index (χ1n) is 10.5. The highest BCUT2D eigenvalue weighted by atomic mass is 35.5. The number of carbonyl (C=O) groups excluding carboxylic acids is 1. The lowest BCUT2D eigenvalue weighted by Crippen LogP contribution is -2.59. The van der Waals surface area contributed by atoms with E-state index < -0.39 is 10.0 Å². The molecule has 1 aliphatic heterocycles. The fraction of sp³-hybridized carbons (Fsp3) is 0.667. The molecular formula is C21H27ClN2O4S. The molecule has 158 valence electrons. The third-order valence-corrected chi connectivity index (χ3v) is 9.58. The molecule has 1 N–H and O–H groups in total. The van der Waals surface area contributed by atoms with Gasteiger partial charge in [-0.25, -0.2) is 8.42 Å². The summed E-state index contributed by atoms with van der Waals surface area (Å²) in [5.41, 5.74) is 0.242. The van der Waals surface area contributed by atoms with E-state index in [4.69, 9.17) is 16.3 Å². The second kappa shape index (κ2) is 7.22. The van der Waals surface area contributed by atoms with Gasteiger partial charge in [-0.05, 0) is 74.5 Å². The third-order valence-electron chi connectivity index (χ3n) is 7.20. The third kappa shape index (κ3) is 3.60. The molecule has 1 heterocycles. The number of ether oxygens (including phenoxy) is 1. The molecule has 4 aliphatic carbocycles. The van der Waals surface area contributed by atoms with Crippen LogP contribution in [0.4, 0.5) is 0 Å². The summed E-state index contributed by atoms with van der Waals surface area (Å²) in [6, 6.07) is 4.57. The van der Waals surface area contributed by atoms with Gasteiger partial charge in [-0.1, -0.05) is 11.6 Å². The van der Waals surface area contributed by atoms with Gasteiger partial charge in [0.15, 0.2) is 0 Å². The van der Waals surface area contributed by atoms with E-state index in [2.05, 4.69) is 5.32 Å². The molecule has 1 aromatic rings. The number of hydrogen-bond donors (Lipinski definition) is 1. The number of halogens is 1. The number of benzene rings is 1. The number of amides is 1. The van der Waals surface area contributed by atoms with Gasteiger partial charge in [0.25, 0.3) is 5.91 Å². The van der Waals surface area contributed by atoms with E-state index in [9.17, 15) is 13.2 Å². The van der Waals surface area contributed by atoms with Gasteiger partial charge in [0.2, 0.25) is 10.0 Å². The minimum absolute atomic E-state index is 0.000714. The number of morpholine rings is 1. The Bertz CT molecular complexity index is 891. The number of sulfonamides is 1. The first kappa shape index (κ1) is 19.8. The zero-order valence-corrected chi connectivity index (χ0v) is 18.0. The first-order chi connectivity index (χ1) is 13.8. The molecule has 1 aromatic carbocycles. The monoisotopic (exact) mass is 438 g/mol. The summed E-state index contributed by atoms with van der Waals surface area (Å²) in [6.07, 6.45) is 7.07. The fourth-order valence-electron chi connectivity index (χ4n) is 6.35. The molecule has 5 aliphatic rings. The number of nitrogens with one attached hydrogen (secondary N) is 1. The van der Waals surface area contributed by atoms with Gasteiger partial charge in [-0.3, -0.25) is 4.79 Å². The Morgan fingerprint density at radius 3 is 2.24 bits per heavy atom. The molecule has 1 saturated heterocycles. The van der Waals surface area contributed by atoms with Gasteiger partial charge in [-0.15, -0.1) is 0 Å². The Hall–Kier alpha value is -1.15. The van der Waals surface area contributed by atoms with Crippen molar-refractivity contribution in [2.75, 3.05) is 26.3 Å². The summed E-state index contributed by atoms with van der Waals surface area (Å²) in [6.45, 7) is 1.32. The van der Waals surface area contributed by atoms with Crippen molar-refractivity contribution in [3.8, 4) is 0 Å². The quantitative estimate of drug-likeness (QED) is 0.783. The molecule has 4 bridgehead atoms. The van der Waals surface area contributed by atoms with Crippen LogP contribution in [0.2, 0.25) is 5.02 Å². The van der Waals surface area contributed by atoms with Gasteiger partial charge >= 0.3 is 0 Å². The van der Waals surface area contributed by atoms with Crippen molar-refractivity contribution in [3.05, 3.63) is 28.8 Å². The first-order valence-corrected chi connectivity index (χ1v) is 12.4. The summed E-state index contributed by atoms with van der Waals surface area (Å²) in [4.78, 5) is 13.1. The molecule has 6 rings (SSSR count). The van der Waals surface area contributed by atoms with E-state index in [1.165, 1.54) is 35.7 Å². The lowest BCUT2D eigenvalue weighted by Gasteiger charge is -2.56. The minimum Gasteiger partial charge on any atom is -0.379 e. The van der Waals surface area contributed by atoms with E-state index in [-0.39, 0.29) is 21.4 Å². The number of carbonyl (C=O) groups is 1. The Labute approximate surface area is 177 Å². The maximum Gasteiger partial charge on any atom is 0.251 e. The van der Waals surface area contributed by atoms with Gasteiger partial charge in [0, 0.05) is 24.2 Å². The lowest BCUT2D eigenvalue weighted by atomic mass is 9.53. The normalized spacial score (nSPS) is 34.3. The standard InChI is InChI=1S/C21H27ClN2O4S/c22-18-2-1-17(10-19(18)29(26,27)24-3-5-28-6-4-24)20(25)23-21-11-14-7-15(12-21)9-16(8-14)13-21/h1-2,10,14-16H,3-9,11-13H2,(H,23,25). The summed E-state index contributed by atoms with van der Waals surface area (Å²) < 4.78 is 32.7. The molecule has 0 unspecified atom stereocenters. The van der Waals surface area contributed by atoms with Gasteiger partial charge in [0.05, 0.1) is 18.2 Å². The topological polar surface area (TPSA) is 75.7 Å². The van der Waals surface area contributed by atoms with Crippen molar-refractivity contribution >= 4 is 27.5 Å². The number of hydrogen-bond acceptors (Lipinski definition) is 4. The summed E-state index contributed by atoms with van der Waals surface area (Å²) in [7, 11) is -3.76. The predicted molar refractivity (Wildman–Crippen MR) is 109 cm³/mol. The molecule has 8 heteroatoms. The molecular weight excluding hydrogens is 412 g/mol. The zero-order valence-electron chi connectivity index (χ0n) is 16.4. The van der Waals surface area contributed by atoms with Crippen molar-refractivity contribution in [1.29, 1.82) is 0 Å². The summed E-state index contributed by atoms with van der Waals surface area (Å²) in [5, 5.41) is 3.45. The van der Waals surface area contributed by atoms with Crippen LogP contribution in [-0.2, 0) is 14.8 Å². The van der Waals surface area contributed by atoms with Crippen LogP contribution in [0.15, 0.2) is 23.1 Å². The van der Waals surface area contributed by atoms with Gasteiger partial charge in [0.1, 0.15) is 4.90 Å². The molecule has 4 saturated carbocycles.